The number of Topliss-reactive ketones (excluding diaryl/α,β-unsaturated/α-hetero) is 1. The molecule has 0 spiro atoms. The van der Waals surface area contributed by atoms with E-state index in [4.69, 9.17) is 4.74 Å². The molecule has 1 aliphatic heterocycles. The molecule has 4 unspecified atom stereocenters. The molecule has 1 heterocycles. The van der Waals surface area contributed by atoms with Crippen LogP contribution in [0.3, 0.4) is 0 Å². The van der Waals surface area contributed by atoms with E-state index in [0.717, 1.165) is 12.8 Å². The van der Waals surface area contributed by atoms with Crippen LogP contribution in [0.5, 0.6) is 0 Å². The van der Waals surface area contributed by atoms with Gasteiger partial charge < -0.3 is 9.64 Å². The van der Waals surface area contributed by atoms with Crippen molar-refractivity contribution in [2.45, 2.75) is 90.0 Å². The molecule has 0 amide bonds. The second kappa shape index (κ2) is 7.26. The van der Waals surface area contributed by atoms with Gasteiger partial charge in [-0.25, -0.2) is 0 Å². The van der Waals surface area contributed by atoms with Crippen LogP contribution >= 0.6 is 0 Å². The lowest BCUT2D eigenvalue weighted by molar-refractivity contribution is -0.132. The maximum Gasteiger partial charge on any atom is 0.183 e. The van der Waals surface area contributed by atoms with Crippen molar-refractivity contribution in [2.75, 3.05) is 0 Å². The minimum atomic E-state index is -0.270. The first-order valence-corrected chi connectivity index (χ1v) is 8.24. The standard InChI is InChI=1S/C17H29NO2/c1-4-12-18-13(2)17(19)14(3)20-16-11-9-7-5-6-8-10-15(16)18/h4,12-16H,5-11H2,1-3H3. The van der Waals surface area contributed by atoms with E-state index in [-0.39, 0.29) is 24.0 Å². The molecule has 20 heavy (non-hydrogen) atoms. The number of hydrogen-bond acceptors (Lipinski definition) is 3. The minimum absolute atomic E-state index is 0.0723. The molecule has 3 heteroatoms. The van der Waals surface area contributed by atoms with Crippen molar-refractivity contribution in [3.63, 3.8) is 0 Å². The fourth-order valence-corrected chi connectivity index (χ4v) is 3.62. The number of ether oxygens (including phenoxy) is 1. The Labute approximate surface area is 123 Å². The van der Waals surface area contributed by atoms with Gasteiger partial charge in [-0.05, 0) is 39.8 Å². The molecular formula is C17H29NO2. The van der Waals surface area contributed by atoms with E-state index >= 15 is 0 Å². The zero-order chi connectivity index (χ0) is 14.5. The van der Waals surface area contributed by atoms with Gasteiger partial charge >= 0.3 is 0 Å². The molecule has 3 nitrogen and oxygen atoms in total. The highest BCUT2D eigenvalue weighted by Gasteiger charge is 2.38. The van der Waals surface area contributed by atoms with E-state index in [2.05, 4.69) is 11.1 Å². The summed E-state index contributed by atoms with van der Waals surface area (Å²) in [5.41, 5.74) is 0. The zero-order valence-electron chi connectivity index (χ0n) is 13.2. The van der Waals surface area contributed by atoms with Crippen LogP contribution in [0.15, 0.2) is 12.3 Å². The Balaban J connectivity index is 2.27. The predicted molar refractivity (Wildman–Crippen MR) is 81.6 cm³/mol. The molecular weight excluding hydrogens is 250 g/mol. The lowest BCUT2D eigenvalue weighted by atomic mass is 9.99. The van der Waals surface area contributed by atoms with E-state index in [1.165, 1.54) is 32.1 Å². The summed E-state index contributed by atoms with van der Waals surface area (Å²) in [7, 11) is 0. The SMILES string of the molecule is CC=CN1C(C)C(=O)C(C)OC2CCCCCCCC21. The van der Waals surface area contributed by atoms with E-state index in [1.807, 2.05) is 26.8 Å². The molecule has 114 valence electrons. The highest BCUT2D eigenvalue weighted by Crippen LogP contribution is 2.29. The molecule has 1 saturated carbocycles. The van der Waals surface area contributed by atoms with Crippen LogP contribution in [0.1, 0.15) is 65.7 Å². The molecule has 1 aliphatic carbocycles. The summed E-state index contributed by atoms with van der Waals surface area (Å²) in [6.07, 6.45) is 12.7. The van der Waals surface area contributed by atoms with Crippen molar-refractivity contribution in [2.24, 2.45) is 0 Å². The Bertz CT molecular complexity index is 353. The predicted octanol–water partition coefficient (Wildman–Crippen LogP) is 3.68. The van der Waals surface area contributed by atoms with E-state index in [0.29, 0.717) is 6.04 Å². The highest BCUT2D eigenvalue weighted by molar-refractivity contribution is 5.88. The summed E-state index contributed by atoms with van der Waals surface area (Å²) in [4.78, 5) is 14.7. The highest BCUT2D eigenvalue weighted by atomic mass is 16.5. The maximum absolute atomic E-state index is 12.4. The van der Waals surface area contributed by atoms with Gasteiger partial charge in [0.05, 0.1) is 18.2 Å². The van der Waals surface area contributed by atoms with Crippen LogP contribution in [-0.4, -0.2) is 35.0 Å². The summed E-state index contributed by atoms with van der Waals surface area (Å²) in [5.74, 6) is 0.215. The van der Waals surface area contributed by atoms with Crippen LogP contribution in [-0.2, 0) is 9.53 Å². The second-order valence-corrected chi connectivity index (χ2v) is 6.24. The average Bonchev–Trinajstić information content (AvgIpc) is 2.53. The lowest BCUT2D eigenvalue weighted by Gasteiger charge is -2.36. The number of ketones is 1. The lowest BCUT2D eigenvalue weighted by Crippen LogP contribution is -2.45. The Kier molecular flexibility index (Phi) is 5.64. The molecule has 0 radical (unpaired) electrons. The number of nitrogens with zero attached hydrogens (tertiary/aromatic N) is 1. The van der Waals surface area contributed by atoms with Crippen molar-refractivity contribution in [1.29, 1.82) is 0 Å². The first-order valence-electron chi connectivity index (χ1n) is 8.24. The van der Waals surface area contributed by atoms with Crippen LogP contribution in [0.25, 0.3) is 0 Å². The van der Waals surface area contributed by atoms with Crippen LogP contribution in [0.2, 0.25) is 0 Å². The third kappa shape index (κ3) is 3.43. The van der Waals surface area contributed by atoms with Gasteiger partial charge in [-0.3, -0.25) is 4.79 Å². The third-order valence-electron chi connectivity index (χ3n) is 4.76. The Morgan fingerprint density at radius 3 is 2.45 bits per heavy atom. The molecule has 0 aromatic rings. The molecule has 0 aromatic heterocycles. The second-order valence-electron chi connectivity index (χ2n) is 6.24. The molecule has 2 aliphatic rings. The molecule has 1 saturated heterocycles. The first-order chi connectivity index (χ1) is 9.65. The van der Waals surface area contributed by atoms with Crippen LogP contribution < -0.4 is 0 Å². The molecule has 0 bridgehead atoms. The van der Waals surface area contributed by atoms with Crippen molar-refractivity contribution >= 4 is 5.78 Å². The molecule has 0 aromatic carbocycles. The number of fused-ring (bicyclic) bond motifs is 1. The third-order valence-corrected chi connectivity index (χ3v) is 4.76. The zero-order valence-corrected chi connectivity index (χ0v) is 13.2. The topological polar surface area (TPSA) is 29.5 Å². The Hall–Kier alpha value is -0.830. The van der Waals surface area contributed by atoms with Crippen LogP contribution in [0, 0.1) is 0 Å². The maximum atomic E-state index is 12.4. The van der Waals surface area contributed by atoms with E-state index < -0.39 is 0 Å². The smallest absolute Gasteiger partial charge is 0.183 e. The van der Waals surface area contributed by atoms with E-state index in [1.54, 1.807) is 0 Å². The van der Waals surface area contributed by atoms with Gasteiger partial charge in [0.15, 0.2) is 5.78 Å². The summed E-state index contributed by atoms with van der Waals surface area (Å²) in [6, 6.07) is 0.283. The normalized spacial score (nSPS) is 37.0. The van der Waals surface area contributed by atoms with Gasteiger partial charge in [0.1, 0.15) is 6.10 Å². The molecule has 2 fully saturated rings. The Morgan fingerprint density at radius 1 is 1.10 bits per heavy atom. The molecule has 4 atom stereocenters. The van der Waals surface area contributed by atoms with Gasteiger partial charge in [0.2, 0.25) is 0 Å². The van der Waals surface area contributed by atoms with E-state index in [9.17, 15) is 4.79 Å². The van der Waals surface area contributed by atoms with Gasteiger partial charge in [0, 0.05) is 0 Å². The summed E-state index contributed by atoms with van der Waals surface area (Å²) < 4.78 is 6.14. The number of allylic oxidation sites excluding steroid dienone is 1. The van der Waals surface area contributed by atoms with Gasteiger partial charge in [-0.2, -0.15) is 0 Å². The van der Waals surface area contributed by atoms with Crippen molar-refractivity contribution in [1.82, 2.24) is 4.90 Å². The quantitative estimate of drug-likeness (QED) is 0.733. The molecule has 2 rings (SSSR count). The van der Waals surface area contributed by atoms with Crippen molar-refractivity contribution < 1.29 is 9.53 Å². The fraction of sp³-hybridized carbons (Fsp3) is 0.824. The van der Waals surface area contributed by atoms with Crippen molar-refractivity contribution in [3.05, 3.63) is 12.3 Å². The largest absolute Gasteiger partial charge is 0.365 e. The monoisotopic (exact) mass is 279 g/mol. The number of carbonyl (C=O) groups excluding carboxylic acids is 1. The minimum Gasteiger partial charge on any atom is -0.365 e. The molecule has 0 N–H and O–H groups in total. The number of rotatable bonds is 1. The van der Waals surface area contributed by atoms with Gasteiger partial charge in [-0.15, -0.1) is 0 Å². The van der Waals surface area contributed by atoms with Crippen LogP contribution in [0.4, 0.5) is 0 Å². The average molecular weight is 279 g/mol. The fourth-order valence-electron chi connectivity index (χ4n) is 3.62. The van der Waals surface area contributed by atoms with Gasteiger partial charge in [0.25, 0.3) is 0 Å². The summed E-state index contributed by atoms with van der Waals surface area (Å²) in [5, 5.41) is 0. The van der Waals surface area contributed by atoms with Gasteiger partial charge in [-0.1, -0.05) is 38.2 Å². The number of hydrogen-bond donors (Lipinski definition) is 0. The summed E-state index contributed by atoms with van der Waals surface area (Å²) >= 11 is 0. The number of carbonyl (C=O) groups is 1. The summed E-state index contributed by atoms with van der Waals surface area (Å²) in [6.45, 7) is 5.97. The first kappa shape index (κ1) is 15.6. The van der Waals surface area contributed by atoms with Crippen molar-refractivity contribution in [3.8, 4) is 0 Å². The Morgan fingerprint density at radius 2 is 1.75 bits per heavy atom.